The van der Waals surface area contributed by atoms with Crippen LogP contribution in [0, 0.1) is 0 Å². The van der Waals surface area contributed by atoms with Crippen molar-refractivity contribution in [2.24, 2.45) is 10.2 Å². The Bertz CT molecular complexity index is 838. The number of anilines is 1. The standard InChI is InChI=1S/C17H13N3O3/c1-20-14-5-3-2-4-13(14)15(16(20)21)19-18-10-11-6-8-12(9-7-11)17(22)23/h2-10H,1H3,(H,22,23)/p-1/b18-10-,19-15+. The number of hydrogen-bond acceptors (Lipinski definition) is 5. The molecule has 0 saturated carbocycles. The molecule has 2 aromatic carbocycles. The summed E-state index contributed by atoms with van der Waals surface area (Å²) >= 11 is 0. The van der Waals surface area contributed by atoms with Gasteiger partial charge in [-0.25, -0.2) is 0 Å². The highest BCUT2D eigenvalue weighted by atomic mass is 16.4. The first-order valence-corrected chi connectivity index (χ1v) is 6.88. The predicted octanol–water partition coefficient (Wildman–Crippen LogP) is 0.850. The van der Waals surface area contributed by atoms with Gasteiger partial charge in [0.25, 0.3) is 5.91 Å². The van der Waals surface area contributed by atoms with Crippen LogP contribution in [0.4, 0.5) is 5.69 Å². The van der Waals surface area contributed by atoms with E-state index in [0.717, 1.165) is 11.3 Å². The van der Waals surface area contributed by atoms with Crippen LogP contribution in [0.3, 0.4) is 0 Å². The smallest absolute Gasteiger partial charge is 0.279 e. The van der Waals surface area contributed by atoms with Gasteiger partial charge in [0.05, 0.1) is 17.9 Å². The van der Waals surface area contributed by atoms with Gasteiger partial charge in [0.15, 0.2) is 5.71 Å². The zero-order valence-corrected chi connectivity index (χ0v) is 12.3. The quantitative estimate of drug-likeness (QED) is 0.622. The fraction of sp³-hybridized carbons (Fsp3) is 0.0588. The molecule has 0 aromatic heterocycles. The molecule has 6 heteroatoms. The number of hydrogen-bond donors (Lipinski definition) is 0. The molecule has 1 aliphatic rings. The van der Waals surface area contributed by atoms with Crippen LogP contribution in [-0.2, 0) is 4.79 Å². The van der Waals surface area contributed by atoms with Crippen LogP contribution in [-0.4, -0.2) is 30.9 Å². The minimum atomic E-state index is -1.23. The molecule has 23 heavy (non-hydrogen) atoms. The summed E-state index contributed by atoms with van der Waals surface area (Å²) < 4.78 is 0. The molecule has 0 atom stereocenters. The SMILES string of the molecule is CN1C(=O)/C(=N/N=C\c2ccc(C(=O)[O-])cc2)c2ccccc21. The van der Waals surface area contributed by atoms with Crippen molar-refractivity contribution < 1.29 is 14.7 Å². The van der Waals surface area contributed by atoms with Crippen molar-refractivity contribution in [3.63, 3.8) is 0 Å². The van der Waals surface area contributed by atoms with Crippen LogP contribution in [0.15, 0.2) is 58.7 Å². The second-order valence-corrected chi connectivity index (χ2v) is 4.98. The Kier molecular flexibility index (Phi) is 3.72. The van der Waals surface area contributed by atoms with Gasteiger partial charge in [0.1, 0.15) is 0 Å². The van der Waals surface area contributed by atoms with E-state index in [1.807, 2.05) is 24.3 Å². The number of carbonyl (C=O) groups excluding carboxylic acids is 2. The first-order chi connectivity index (χ1) is 11.1. The average Bonchev–Trinajstić information content (AvgIpc) is 2.81. The Labute approximate surface area is 132 Å². The lowest BCUT2D eigenvalue weighted by Gasteiger charge is -2.07. The minimum absolute atomic E-state index is 0.0926. The van der Waals surface area contributed by atoms with E-state index in [0.29, 0.717) is 5.56 Å². The van der Waals surface area contributed by atoms with Gasteiger partial charge in [-0.05, 0) is 17.2 Å². The number of para-hydroxylation sites is 1. The topological polar surface area (TPSA) is 85.2 Å². The van der Waals surface area contributed by atoms with E-state index in [4.69, 9.17) is 0 Å². The van der Waals surface area contributed by atoms with Crippen LogP contribution < -0.4 is 10.0 Å². The van der Waals surface area contributed by atoms with E-state index >= 15 is 0 Å². The zero-order chi connectivity index (χ0) is 16.4. The number of amides is 1. The van der Waals surface area contributed by atoms with Crippen LogP contribution >= 0.6 is 0 Å². The van der Waals surface area contributed by atoms with Crippen LogP contribution in [0.25, 0.3) is 0 Å². The first-order valence-electron chi connectivity index (χ1n) is 6.88. The van der Waals surface area contributed by atoms with E-state index in [2.05, 4.69) is 10.2 Å². The second kappa shape index (κ2) is 5.84. The number of carboxylic acid groups (broad SMARTS) is 1. The maximum atomic E-state index is 12.2. The molecule has 1 heterocycles. The Morgan fingerprint density at radius 3 is 2.52 bits per heavy atom. The van der Waals surface area contributed by atoms with Crippen LogP contribution in [0.1, 0.15) is 21.5 Å². The molecule has 0 radical (unpaired) electrons. The van der Waals surface area contributed by atoms with Crippen LogP contribution in [0.5, 0.6) is 0 Å². The highest BCUT2D eigenvalue weighted by Gasteiger charge is 2.30. The largest absolute Gasteiger partial charge is 0.545 e. The van der Waals surface area contributed by atoms with E-state index in [-0.39, 0.29) is 17.2 Å². The lowest BCUT2D eigenvalue weighted by molar-refractivity contribution is -0.255. The highest BCUT2D eigenvalue weighted by Crippen LogP contribution is 2.27. The summed E-state index contributed by atoms with van der Waals surface area (Å²) in [6, 6.07) is 13.4. The molecular formula is C17H12N3O3-. The monoisotopic (exact) mass is 306 g/mol. The lowest BCUT2D eigenvalue weighted by Crippen LogP contribution is -2.25. The third-order valence-electron chi connectivity index (χ3n) is 3.54. The van der Waals surface area contributed by atoms with Gasteiger partial charge in [-0.15, -0.1) is 5.10 Å². The maximum Gasteiger partial charge on any atom is 0.279 e. The summed E-state index contributed by atoms with van der Waals surface area (Å²) in [6.07, 6.45) is 1.46. The number of rotatable bonds is 3. The summed E-state index contributed by atoms with van der Waals surface area (Å²) in [6.45, 7) is 0. The van der Waals surface area contributed by atoms with Crippen molar-refractivity contribution in [2.75, 3.05) is 11.9 Å². The average molecular weight is 306 g/mol. The van der Waals surface area contributed by atoms with Gasteiger partial charge in [0, 0.05) is 12.6 Å². The van der Waals surface area contributed by atoms with E-state index < -0.39 is 5.97 Å². The fourth-order valence-electron chi connectivity index (χ4n) is 2.31. The van der Waals surface area contributed by atoms with Crippen molar-refractivity contribution in [1.82, 2.24) is 0 Å². The van der Waals surface area contributed by atoms with Gasteiger partial charge in [0.2, 0.25) is 0 Å². The molecule has 6 nitrogen and oxygen atoms in total. The molecule has 2 aromatic rings. The number of fused-ring (bicyclic) bond motifs is 1. The third-order valence-corrected chi connectivity index (χ3v) is 3.54. The molecule has 0 fully saturated rings. The van der Waals surface area contributed by atoms with Crippen molar-refractivity contribution >= 4 is 29.5 Å². The Morgan fingerprint density at radius 2 is 1.83 bits per heavy atom. The summed E-state index contributed by atoms with van der Waals surface area (Å²) in [5, 5.41) is 18.6. The minimum Gasteiger partial charge on any atom is -0.545 e. The number of carboxylic acids is 1. The number of carbonyl (C=O) groups is 2. The van der Waals surface area contributed by atoms with Crippen molar-refractivity contribution in [3.8, 4) is 0 Å². The first kappa shape index (κ1) is 14.6. The molecule has 0 saturated heterocycles. The lowest BCUT2D eigenvalue weighted by atomic mass is 10.1. The maximum absolute atomic E-state index is 12.2. The number of nitrogens with zero attached hydrogens (tertiary/aromatic N) is 3. The Hall–Kier alpha value is -3.28. The molecule has 0 unspecified atom stereocenters. The van der Waals surface area contributed by atoms with Crippen molar-refractivity contribution in [1.29, 1.82) is 0 Å². The molecule has 1 amide bonds. The van der Waals surface area contributed by atoms with Gasteiger partial charge < -0.3 is 14.8 Å². The molecule has 114 valence electrons. The summed E-state index contributed by atoms with van der Waals surface area (Å²) in [7, 11) is 1.69. The molecular weight excluding hydrogens is 294 g/mol. The molecule has 0 N–H and O–H groups in total. The van der Waals surface area contributed by atoms with Gasteiger partial charge >= 0.3 is 0 Å². The molecule has 1 aliphatic heterocycles. The Morgan fingerprint density at radius 1 is 1.13 bits per heavy atom. The number of benzene rings is 2. The zero-order valence-electron chi connectivity index (χ0n) is 12.3. The van der Waals surface area contributed by atoms with E-state index in [1.54, 1.807) is 19.2 Å². The predicted molar refractivity (Wildman–Crippen MR) is 84.8 cm³/mol. The van der Waals surface area contributed by atoms with E-state index in [9.17, 15) is 14.7 Å². The molecule has 0 spiro atoms. The number of likely N-dealkylation sites (N-methyl/N-ethyl adjacent to an activating group) is 1. The van der Waals surface area contributed by atoms with Gasteiger partial charge in [-0.3, -0.25) is 4.79 Å². The second-order valence-electron chi connectivity index (χ2n) is 4.98. The summed E-state index contributed by atoms with van der Waals surface area (Å²) in [5.41, 5.74) is 2.58. The molecule has 0 bridgehead atoms. The van der Waals surface area contributed by atoms with Crippen LogP contribution in [0.2, 0.25) is 0 Å². The number of aromatic carboxylic acids is 1. The van der Waals surface area contributed by atoms with E-state index in [1.165, 1.54) is 23.2 Å². The van der Waals surface area contributed by atoms with Gasteiger partial charge in [-0.1, -0.05) is 42.5 Å². The normalized spacial score (nSPS) is 15.4. The van der Waals surface area contributed by atoms with Crippen molar-refractivity contribution in [3.05, 3.63) is 65.2 Å². The summed E-state index contributed by atoms with van der Waals surface area (Å²) in [5.74, 6) is -1.44. The summed E-state index contributed by atoms with van der Waals surface area (Å²) in [4.78, 5) is 24.4. The fourth-order valence-corrected chi connectivity index (χ4v) is 2.31. The third kappa shape index (κ3) is 2.74. The Balaban J connectivity index is 1.85. The molecule has 3 rings (SSSR count). The highest BCUT2D eigenvalue weighted by molar-refractivity contribution is 6.54. The van der Waals surface area contributed by atoms with Gasteiger partial charge in [-0.2, -0.15) is 5.10 Å². The molecule has 0 aliphatic carbocycles. The van der Waals surface area contributed by atoms with Crippen molar-refractivity contribution in [2.45, 2.75) is 0 Å².